The maximum Gasteiger partial charge on any atom is 0.107 e. The summed E-state index contributed by atoms with van der Waals surface area (Å²) in [5.74, 6) is 1.09. The van der Waals surface area contributed by atoms with Crippen molar-refractivity contribution in [2.24, 2.45) is 0 Å². The minimum Gasteiger partial charge on any atom is -0.346 e. The van der Waals surface area contributed by atoms with Crippen LogP contribution in [0, 0.1) is 13.8 Å². The van der Waals surface area contributed by atoms with Gasteiger partial charge in [-0.1, -0.05) is 13.8 Å². The van der Waals surface area contributed by atoms with Gasteiger partial charge in [0.1, 0.15) is 5.82 Å². The normalized spacial score (nSPS) is 11.2. The van der Waals surface area contributed by atoms with Crippen LogP contribution in [0.4, 0.5) is 0 Å². The predicted molar refractivity (Wildman–Crippen MR) is 54.9 cm³/mol. The average Bonchev–Trinajstić information content (AvgIpc) is 2.30. The molecule has 3 nitrogen and oxygen atoms in total. The molecule has 0 saturated carbocycles. The summed E-state index contributed by atoms with van der Waals surface area (Å²) in [4.78, 5) is 7.68. The Balaban J connectivity index is 2.37. The molecule has 74 valence electrons. The molecule has 3 heteroatoms. The molecule has 13 heavy (non-hydrogen) atoms. The van der Waals surface area contributed by atoms with Crippen molar-refractivity contribution in [1.82, 2.24) is 15.3 Å². The molecule has 0 aromatic carbocycles. The zero-order valence-corrected chi connectivity index (χ0v) is 8.94. The second-order valence-electron chi connectivity index (χ2n) is 3.75. The van der Waals surface area contributed by atoms with E-state index in [4.69, 9.17) is 0 Å². The van der Waals surface area contributed by atoms with Crippen LogP contribution in [-0.2, 0) is 6.42 Å². The van der Waals surface area contributed by atoms with Crippen molar-refractivity contribution in [1.29, 1.82) is 0 Å². The van der Waals surface area contributed by atoms with E-state index in [2.05, 4.69) is 36.1 Å². The van der Waals surface area contributed by atoms with Crippen molar-refractivity contribution in [2.45, 2.75) is 40.2 Å². The van der Waals surface area contributed by atoms with Crippen molar-refractivity contribution in [2.75, 3.05) is 6.54 Å². The Morgan fingerprint density at radius 2 is 2.08 bits per heavy atom. The van der Waals surface area contributed by atoms with Crippen molar-refractivity contribution in [3.63, 3.8) is 0 Å². The van der Waals surface area contributed by atoms with Crippen LogP contribution in [0.3, 0.4) is 0 Å². The van der Waals surface area contributed by atoms with Gasteiger partial charge in [-0.2, -0.15) is 0 Å². The summed E-state index contributed by atoms with van der Waals surface area (Å²) >= 11 is 0. The van der Waals surface area contributed by atoms with Crippen LogP contribution >= 0.6 is 0 Å². The first-order valence-electron chi connectivity index (χ1n) is 4.85. The number of hydrogen-bond donors (Lipinski definition) is 2. The monoisotopic (exact) mass is 181 g/mol. The standard InChI is InChI=1S/C10H19N3/c1-7(2)11-6-5-10-12-8(3)9(4)13-10/h7,11H,5-6H2,1-4H3,(H,12,13). The van der Waals surface area contributed by atoms with E-state index in [1.165, 1.54) is 5.69 Å². The molecule has 0 bridgehead atoms. The maximum atomic E-state index is 4.41. The summed E-state index contributed by atoms with van der Waals surface area (Å²) in [6, 6.07) is 0.553. The Bertz CT molecular complexity index is 244. The molecule has 0 saturated heterocycles. The highest BCUT2D eigenvalue weighted by molar-refractivity contribution is 5.10. The van der Waals surface area contributed by atoms with Gasteiger partial charge in [-0.25, -0.2) is 4.98 Å². The van der Waals surface area contributed by atoms with Gasteiger partial charge in [-0.3, -0.25) is 0 Å². The number of nitrogens with zero attached hydrogens (tertiary/aromatic N) is 1. The number of H-pyrrole nitrogens is 1. The molecule has 2 N–H and O–H groups in total. The van der Waals surface area contributed by atoms with Crippen LogP contribution < -0.4 is 5.32 Å². The molecular weight excluding hydrogens is 162 g/mol. The smallest absolute Gasteiger partial charge is 0.107 e. The van der Waals surface area contributed by atoms with E-state index in [-0.39, 0.29) is 0 Å². The third-order valence-corrected chi connectivity index (χ3v) is 2.09. The third-order valence-electron chi connectivity index (χ3n) is 2.09. The average molecular weight is 181 g/mol. The van der Waals surface area contributed by atoms with Crippen LogP contribution in [0.15, 0.2) is 0 Å². The minimum atomic E-state index is 0.553. The quantitative estimate of drug-likeness (QED) is 0.740. The first-order chi connectivity index (χ1) is 6.09. The lowest BCUT2D eigenvalue weighted by atomic mass is 10.3. The van der Waals surface area contributed by atoms with Crippen LogP contribution in [-0.4, -0.2) is 22.6 Å². The highest BCUT2D eigenvalue weighted by atomic mass is 14.9. The number of hydrogen-bond acceptors (Lipinski definition) is 2. The summed E-state index contributed by atoms with van der Waals surface area (Å²) in [6.07, 6.45) is 0.979. The molecule has 0 aliphatic carbocycles. The summed E-state index contributed by atoms with van der Waals surface area (Å²) in [5.41, 5.74) is 2.29. The van der Waals surface area contributed by atoms with Gasteiger partial charge in [0, 0.05) is 24.7 Å². The second-order valence-corrected chi connectivity index (χ2v) is 3.75. The van der Waals surface area contributed by atoms with Crippen LogP contribution in [0.1, 0.15) is 31.1 Å². The van der Waals surface area contributed by atoms with E-state index in [0.29, 0.717) is 6.04 Å². The van der Waals surface area contributed by atoms with Crippen molar-refractivity contribution in [3.8, 4) is 0 Å². The van der Waals surface area contributed by atoms with Gasteiger partial charge in [-0.05, 0) is 13.8 Å². The first-order valence-corrected chi connectivity index (χ1v) is 4.85. The maximum absolute atomic E-state index is 4.41. The summed E-state index contributed by atoms with van der Waals surface area (Å²) in [7, 11) is 0. The fourth-order valence-corrected chi connectivity index (χ4v) is 1.22. The molecule has 1 heterocycles. The molecule has 0 unspecified atom stereocenters. The van der Waals surface area contributed by atoms with Gasteiger partial charge >= 0.3 is 0 Å². The Labute approximate surface area is 80.0 Å². The predicted octanol–water partition coefficient (Wildman–Crippen LogP) is 1.57. The van der Waals surface area contributed by atoms with Crippen LogP contribution in [0.25, 0.3) is 0 Å². The second kappa shape index (κ2) is 4.42. The Morgan fingerprint density at radius 1 is 1.38 bits per heavy atom. The summed E-state index contributed by atoms with van der Waals surface area (Å²) in [5, 5.41) is 3.36. The lowest BCUT2D eigenvalue weighted by Gasteiger charge is -2.05. The molecule has 0 spiro atoms. The van der Waals surface area contributed by atoms with Gasteiger partial charge < -0.3 is 10.3 Å². The number of nitrogens with one attached hydrogen (secondary N) is 2. The van der Waals surface area contributed by atoms with Gasteiger partial charge in [-0.15, -0.1) is 0 Å². The number of aromatic nitrogens is 2. The highest BCUT2D eigenvalue weighted by Crippen LogP contribution is 2.02. The Morgan fingerprint density at radius 3 is 2.54 bits per heavy atom. The molecule has 1 aromatic rings. The zero-order chi connectivity index (χ0) is 9.84. The van der Waals surface area contributed by atoms with Gasteiger partial charge in [0.15, 0.2) is 0 Å². The number of imidazole rings is 1. The topological polar surface area (TPSA) is 40.7 Å². The molecule has 1 aromatic heterocycles. The minimum absolute atomic E-state index is 0.553. The zero-order valence-electron chi connectivity index (χ0n) is 8.94. The molecule has 0 radical (unpaired) electrons. The fraction of sp³-hybridized carbons (Fsp3) is 0.700. The summed E-state index contributed by atoms with van der Waals surface area (Å²) in [6.45, 7) is 9.38. The first kappa shape index (κ1) is 10.3. The van der Waals surface area contributed by atoms with E-state index in [0.717, 1.165) is 24.5 Å². The van der Waals surface area contributed by atoms with Crippen molar-refractivity contribution < 1.29 is 0 Å². The van der Waals surface area contributed by atoms with Gasteiger partial charge in [0.25, 0.3) is 0 Å². The third kappa shape index (κ3) is 3.19. The lowest BCUT2D eigenvalue weighted by Crippen LogP contribution is -2.25. The van der Waals surface area contributed by atoms with E-state index >= 15 is 0 Å². The van der Waals surface area contributed by atoms with Crippen molar-refractivity contribution >= 4 is 0 Å². The Kier molecular flexibility index (Phi) is 3.48. The van der Waals surface area contributed by atoms with E-state index < -0.39 is 0 Å². The largest absolute Gasteiger partial charge is 0.346 e. The SMILES string of the molecule is Cc1nc(CCNC(C)C)[nH]c1C. The van der Waals surface area contributed by atoms with Crippen molar-refractivity contribution in [3.05, 3.63) is 17.2 Å². The molecule has 0 aliphatic heterocycles. The molecule has 0 aliphatic rings. The fourth-order valence-electron chi connectivity index (χ4n) is 1.22. The Hall–Kier alpha value is -0.830. The van der Waals surface area contributed by atoms with E-state index in [1.807, 2.05) is 6.92 Å². The van der Waals surface area contributed by atoms with E-state index in [9.17, 15) is 0 Å². The highest BCUT2D eigenvalue weighted by Gasteiger charge is 2.01. The van der Waals surface area contributed by atoms with E-state index in [1.54, 1.807) is 0 Å². The van der Waals surface area contributed by atoms with Crippen LogP contribution in [0.5, 0.6) is 0 Å². The summed E-state index contributed by atoms with van der Waals surface area (Å²) < 4.78 is 0. The number of rotatable bonds is 4. The molecule has 1 rings (SSSR count). The number of aromatic amines is 1. The lowest BCUT2D eigenvalue weighted by molar-refractivity contribution is 0.584. The van der Waals surface area contributed by atoms with Gasteiger partial charge in [0.2, 0.25) is 0 Å². The molecule has 0 amide bonds. The number of aryl methyl sites for hydroxylation is 2. The molecule has 0 fully saturated rings. The molecular formula is C10H19N3. The van der Waals surface area contributed by atoms with Crippen LogP contribution in [0.2, 0.25) is 0 Å². The molecule has 0 atom stereocenters. The van der Waals surface area contributed by atoms with Gasteiger partial charge in [0.05, 0.1) is 5.69 Å².